The van der Waals surface area contributed by atoms with Crippen LogP contribution in [0.4, 0.5) is 0 Å². The first-order chi connectivity index (χ1) is 52.9. The van der Waals surface area contributed by atoms with E-state index in [1.165, 1.54) is 111 Å². The summed E-state index contributed by atoms with van der Waals surface area (Å²) in [6, 6.07) is 46.0. The summed E-state index contributed by atoms with van der Waals surface area (Å²) in [4.78, 5) is 56.7. The van der Waals surface area contributed by atoms with Gasteiger partial charge < -0.3 is 18.9 Å². The third-order valence-electron chi connectivity index (χ3n) is 25.1. The molecular weight excluding hydrogens is 1520 g/mol. The summed E-state index contributed by atoms with van der Waals surface area (Å²) < 4.78 is 51.2. The van der Waals surface area contributed by atoms with Crippen LogP contribution in [-0.4, -0.2) is 140 Å². The van der Waals surface area contributed by atoms with E-state index in [2.05, 4.69) is 225 Å². The van der Waals surface area contributed by atoms with Crippen molar-refractivity contribution in [2.75, 3.05) is 32.6 Å². The Morgan fingerprint density at radius 3 is 1.04 bits per heavy atom. The fraction of sp³-hybridized carbons (Fsp3) is 0.642. The molecule has 0 saturated carbocycles. The normalized spacial score (nSPS) is 30.4. The Morgan fingerprint density at radius 1 is 0.407 bits per heavy atom. The van der Waals surface area contributed by atoms with Crippen LogP contribution < -0.4 is 0 Å². The minimum atomic E-state index is -3.34. The minimum Gasteiger partial charge on any atom is -0.462 e. The molecule has 0 N–H and O–H groups in total. The number of amides is 2. The number of benzene rings is 5. The van der Waals surface area contributed by atoms with Crippen molar-refractivity contribution >= 4 is 88.3 Å². The summed E-state index contributed by atoms with van der Waals surface area (Å²) in [7, 11) is -2.08. The highest BCUT2D eigenvalue weighted by Crippen LogP contribution is 2.52. The van der Waals surface area contributed by atoms with Crippen molar-refractivity contribution in [3.8, 4) is 0 Å². The van der Waals surface area contributed by atoms with Gasteiger partial charge in [-0.1, -0.05) is 165 Å². The number of esters is 2. The molecule has 11 fully saturated rings. The molecule has 12 nitrogen and oxygen atoms in total. The van der Waals surface area contributed by atoms with Crippen LogP contribution in [0.15, 0.2) is 146 Å². The van der Waals surface area contributed by atoms with Gasteiger partial charge in [-0.05, 0) is 136 Å². The average Bonchev–Trinajstić information content (AvgIpc) is 1.58. The fourth-order valence-electron chi connectivity index (χ4n) is 18.9. The van der Waals surface area contributed by atoms with Gasteiger partial charge in [-0.15, -0.1) is 0 Å². The summed E-state index contributed by atoms with van der Waals surface area (Å²) in [5.41, 5.74) is 7.50. The highest BCUT2D eigenvalue weighted by Gasteiger charge is 2.61. The Labute approximate surface area is 695 Å². The van der Waals surface area contributed by atoms with Crippen molar-refractivity contribution in [3.63, 3.8) is 0 Å². The lowest BCUT2D eigenvalue weighted by Gasteiger charge is -2.35. The van der Waals surface area contributed by atoms with E-state index in [1.807, 2.05) is 20.8 Å². The van der Waals surface area contributed by atoms with E-state index in [0.717, 1.165) is 81.3 Å². The zero-order valence-electron chi connectivity index (χ0n) is 71.9. The highest BCUT2D eigenvalue weighted by atomic mass is 32.2. The van der Waals surface area contributed by atoms with E-state index in [4.69, 9.17) is 23.1 Å². The van der Waals surface area contributed by atoms with Gasteiger partial charge >= 0.3 is 11.9 Å². The SMILES string of the molecule is CC(=O)N1CC2CCC(CC1=O)[S+]2c1ccc(C(C)(C)C)cc1.CC(C)(C)C(=O)OC1CC2CCC(C1)[S+]2c1ccc(C(C)(C)C)cc1.CC(C)(C)c1ccc([S+]2C3CCC2CC(=O)OC3)cc1.CC(C)(C)c1ccc([S+]2C3CCC2CC(OS(C)(=O)=O)C3)cc1.CC(C)(C)c1ccc([S+]2C3CCC2CC2(C3)OCCO2)cc1. The maximum absolute atomic E-state index is 12.3. The van der Waals surface area contributed by atoms with E-state index < -0.39 is 15.5 Å². The molecule has 5 aromatic carbocycles. The number of cyclic esters (lactones) is 1. The quantitative estimate of drug-likeness (QED) is 0.0829. The number of ether oxygens (including phenoxy) is 4. The zero-order valence-corrected chi connectivity index (χ0v) is 76.8. The third kappa shape index (κ3) is 21.7. The first kappa shape index (κ1) is 88.1. The first-order valence-corrected chi connectivity index (χ1v) is 50.9. The van der Waals surface area contributed by atoms with Crippen molar-refractivity contribution in [2.24, 2.45) is 5.41 Å². The Hall–Kier alpha value is -4.24. The van der Waals surface area contributed by atoms with Crippen molar-refractivity contribution < 1.29 is 50.7 Å². The number of likely N-dealkylation sites (tertiary alicyclic amines) is 1. The molecule has 10 bridgehead atoms. The van der Waals surface area contributed by atoms with Gasteiger partial charge in [0, 0.05) is 164 Å². The number of carbonyl (C=O) groups is 4. The van der Waals surface area contributed by atoms with Gasteiger partial charge in [-0.2, -0.15) is 8.42 Å². The second-order valence-corrected chi connectivity index (χ2v) is 54.5. The number of rotatable bonds is 8. The topological polar surface area (TPSA) is 152 Å². The number of carbonyl (C=O) groups excluding carboxylic acids is 4. The van der Waals surface area contributed by atoms with Gasteiger partial charge in [0.05, 0.1) is 50.4 Å². The standard InChI is InChI=1S/C22H33O2S.C19H26NO2S.C19H27O2S.C18H27O3S2.C17H23O2S/c1-21(2,3)15-7-9-17(10-8-15)25-18-11-12-19(25)14-16(13-18)24-20(23)22(4,5)6;1-13(21)20-12-17-10-9-16(11-18(20)22)23(17)15-7-5-14(6-8-15)19(2,3)4;1-18(2,3)14-4-6-15(7-5-14)22-16-8-9-17(22)13-19(12-16)20-10-11-21-19;1-18(2,3)13-5-7-15(8-6-13)22-16-9-10-17(22)12-14(11-16)21-23(4,19)20;1-17(2,3)12-4-6-13(7-5-12)20-14-8-9-15(20)11-19-16(18)10-14/h7-10,16,18-19H,11-14H2,1-6H3;5-8,16-17H,9-12H2,1-4H3;4-7,16-17H,8-13H2,1-3H3;5-8,14,16-17H,9-12H2,1-4H3;4-7,14-15H,8-11H2,1-3H3/q5*+1. The van der Waals surface area contributed by atoms with Crippen LogP contribution >= 0.6 is 0 Å². The fourth-order valence-corrected chi connectivity index (χ4v) is 36.0. The van der Waals surface area contributed by atoms with Crippen molar-refractivity contribution in [1.29, 1.82) is 0 Å². The van der Waals surface area contributed by atoms with Crippen LogP contribution in [0.2, 0.25) is 0 Å². The molecule has 113 heavy (non-hydrogen) atoms. The Bertz CT molecular complexity index is 4150. The van der Waals surface area contributed by atoms with Crippen LogP contribution in [0.1, 0.15) is 275 Å². The molecule has 11 aliphatic rings. The van der Waals surface area contributed by atoms with Gasteiger partial charge in [0.15, 0.2) is 35.5 Å². The van der Waals surface area contributed by atoms with Gasteiger partial charge in [-0.3, -0.25) is 28.3 Å². The summed E-state index contributed by atoms with van der Waals surface area (Å²) >= 11 is 0. The third-order valence-corrected chi connectivity index (χ3v) is 41.1. The lowest BCUT2D eigenvalue weighted by atomic mass is 9.87. The van der Waals surface area contributed by atoms with E-state index in [-0.39, 0.29) is 102 Å². The smallest absolute Gasteiger partial charge is 0.311 e. The van der Waals surface area contributed by atoms with Crippen LogP contribution in [0, 0.1) is 5.41 Å². The number of imide groups is 1. The van der Waals surface area contributed by atoms with Gasteiger partial charge in [0.1, 0.15) is 60.0 Å². The molecule has 12 unspecified atom stereocenters. The Balaban J connectivity index is 0.000000131. The number of hydrogen-bond donors (Lipinski definition) is 0. The molecule has 2 amide bonds. The largest absolute Gasteiger partial charge is 0.462 e. The highest BCUT2D eigenvalue weighted by molar-refractivity contribution is 7.99. The number of nitrogens with zero attached hydrogens (tertiary/aromatic N) is 1. The number of hydrogen-bond acceptors (Lipinski definition) is 11. The van der Waals surface area contributed by atoms with E-state index in [0.29, 0.717) is 89.8 Å². The summed E-state index contributed by atoms with van der Waals surface area (Å²) in [6.07, 6.45) is 20.7. The van der Waals surface area contributed by atoms with Crippen LogP contribution in [0.25, 0.3) is 0 Å². The monoisotopic (exact) mass is 1660 g/mol. The second kappa shape index (κ2) is 35.2. The lowest BCUT2D eigenvalue weighted by Crippen LogP contribution is -2.45. The number of fused-ring (bicyclic) bond motifs is 10. The van der Waals surface area contributed by atoms with Gasteiger partial charge in [0.25, 0.3) is 10.1 Å². The summed E-state index contributed by atoms with van der Waals surface area (Å²) in [5.74, 6) is -0.349. The van der Waals surface area contributed by atoms with E-state index in [1.54, 1.807) is 4.90 Å². The molecule has 0 radical (unpaired) electrons. The van der Waals surface area contributed by atoms with Crippen LogP contribution in [-0.2, 0) is 134 Å². The zero-order chi connectivity index (χ0) is 81.7. The second-order valence-electron chi connectivity index (χ2n) is 40.1. The van der Waals surface area contributed by atoms with Crippen molar-refractivity contribution in [3.05, 3.63) is 149 Å². The molecular formula is C95H136NO11S6+5. The summed E-state index contributed by atoms with van der Waals surface area (Å²) in [6.45, 7) is 43.9. The molecule has 11 saturated heterocycles. The van der Waals surface area contributed by atoms with Crippen LogP contribution in [0.5, 0.6) is 0 Å². The minimum absolute atomic E-state index is 0.000937. The molecule has 12 atom stereocenters. The Morgan fingerprint density at radius 2 is 0.699 bits per heavy atom. The molecule has 11 aliphatic heterocycles. The first-order valence-electron chi connectivity index (χ1n) is 42.3. The molecule has 1 spiro atoms. The van der Waals surface area contributed by atoms with Crippen molar-refractivity contribution in [2.45, 2.75) is 369 Å². The molecule has 11 heterocycles. The molecule has 0 aromatic heterocycles. The lowest BCUT2D eigenvalue weighted by molar-refractivity contribution is -0.166. The van der Waals surface area contributed by atoms with E-state index in [9.17, 15) is 27.6 Å². The predicted molar refractivity (Wildman–Crippen MR) is 472 cm³/mol. The molecule has 5 aromatic rings. The van der Waals surface area contributed by atoms with Gasteiger partial charge in [-0.25, -0.2) is 0 Å². The summed E-state index contributed by atoms with van der Waals surface area (Å²) in [5, 5.41) is 5.99. The average molecular weight is 1660 g/mol. The maximum atomic E-state index is 12.3. The van der Waals surface area contributed by atoms with Gasteiger partial charge in [0.2, 0.25) is 11.8 Å². The van der Waals surface area contributed by atoms with Crippen LogP contribution in [0.3, 0.4) is 0 Å². The molecule has 16 rings (SSSR count). The molecule has 618 valence electrons. The Kier molecular flexibility index (Phi) is 27.4. The molecule has 0 aliphatic carbocycles. The molecule has 18 heteroatoms. The predicted octanol–water partition coefficient (Wildman–Crippen LogP) is 19.6. The van der Waals surface area contributed by atoms with Crippen molar-refractivity contribution in [1.82, 2.24) is 4.90 Å². The maximum Gasteiger partial charge on any atom is 0.311 e. The van der Waals surface area contributed by atoms with E-state index >= 15 is 0 Å².